The SMILES string of the molecule is CC1(C)[C@H]2CC[C@]1(CS(=O)(=O)Nc1ccc(F)cc1)C(=O)C2. The molecule has 120 valence electrons. The van der Waals surface area contributed by atoms with Gasteiger partial charge in [-0.3, -0.25) is 9.52 Å². The molecule has 0 radical (unpaired) electrons. The van der Waals surface area contributed by atoms with E-state index in [0.717, 1.165) is 6.42 Å². The highest BCUT2D eigenvalue weighted by molar-refractivity contribution is 7.92. The minimum atomic E-state index is -3.67. The summed E-state index contributed by atoms with van der Waals surface area (Å²) in [5.41, 5.74) is -0.763. The van der Waals surface area contributed by atoms with Crippen LogP contribution < -0.4 is 4.72 Å². The Morgan fingerprint density at radius 3 is 2.41 bits per heavy atom. The standard InChI is InChI=1S/C16H20FNO3S/c1-15(2)11-7-8-16(15,14(19)9-11)10-22(20,21)18-13-5-3-12(17)4-6-13/h3-6,11,18H,7-10H2,1-2H3/t11-,16-/m0/s1. The summed E-state index contributed by atoms with van der Waals surface area (Å²) in [5, 5.41) is 0. The number of hydrogen-bond acceptors (Lipinski definition) is 3. The van der Waals surface area contributed by atoms with Gasteiger partial charge < -0.3 is 0 Å². The molecule has 0 unspecified atom stereocenters. The average Bonchev–Trinajstić information content (AvgIpc) is 2.74. The van der Waals surface area contributed by atoms with Gasteiger partial charge in [-0.1, -0.05) is 13.8 Å². The molecule has 4 nitrogen and oxygen atoms in total. The van der Waals surface area contributed by atoms with Gasteiger partial charge in [0.15, 0.2) is 0 Å². The molecule has 2 atom stereocenters. The number of nitrogens with one attached hydrogen (secondary N) is 1. The van der Waals surface area contributed by atoms with Crippen molar-refractivity contribution in [2.75, 3.05) is 10.5 Å². The van der Waals surface area contributed by atoms with Gasteiger partial charge in [-0.25, -0.2) is 12.8 Å². The van der Waals surface area contributed by atoms with Gasteiger partial charge in [0.05, 0.1) is 11.2 Å². The predicted octanol–water partition coefficient (Wildman–Crippen LogP) is 2.96. The monoisotopic (exact) mass is 325 g/mol. The molecule has 1 aromatic carbocycles. The molecule has 22 heavy (non-hydrogen) atoms. The molecule has 0 aromatic heterocycles. The lowest BCUT2D eigenvalue weighted by atomic mass is 9.70. The number of hydrogen-bond donors (Lipinski definition) is 1. The summed E-state index contributed by atoms with van der Waals surface area (Å²) in [5.74, 6) is -0.272. The van der Waals surface area contributed by atoms with Crippen LogP contribution in [0.4, 0.5) is 10.1 Å². The molecule has 0 amide bonds. The molecule has 1 aromatic rings. The van der Waals surface area contributed by atoms with Crippen molar-refractivity contribution in [1.29, 1.82) is 0 Å². The summed E-state index contributed by atoms with van der Waals surface area (Å²) in [6.07, 6.45) is 2.03. The molecule has 2 saturated carbocycles. The molecular weight excluding hydrogens is 305 g/mol. The smallest absolute Gasteiger partial charge is 0.233 e. The minimum Gasteiger partial charge on any atom is -0.299 e. The van der Waals surface area contributed by atoms with E-state index in [0.29, 0.717) is 18.5 Å². The molecule has 0 heterocycles. The van der Waals surface area contributed by atoms with Crippen LogP contribution in [0.5, 0.6) is 0 Å². The van der Waals surface area contributed by atoms with Crippen LogP contribution in [0.1, 0.15) is 33.1 Å². The first-order valence-corrected chi connectivity index (χ1v) is 9.11. The number of sulfonamides is 1. The highest BCUT2D eigenvalue weighted by atomic mass is 32.2. The third kappa shape index (κ3) is 2.24. The van der Waals surface area contributed by atoms with E-state index in [1.807, 2.05) is 13.8 Å². The second-order valence-corrected chi connectivity index (χ2v) is 8.76. The first kappa shape index (κ1) is 15.5. The Labute approximate surface area is 130 Å². The Hall–Kier alpha value is -1.43. The fourth-order valence-corrected chi connectivity index (χ4v) is 6.06. The number of Topliss-reactive ketones (excluding diaryl/α,β-unsaturated/α-hetero) is 1. The van der Waals surface area contributed by atoms with Crippen LogP contribution in [-0.4, -0.2) is 20.0 Å². The number of anilines is 1. The topological polar surface area (TPSA) is 63.2 Å². The quantitative estimate of drug-likeness (QED) is 0.925. The number of rotatable bonds is 4. The van der Waals surface area contributed by atoms with Crippen LogP contribution in [0.2, 0.25) is 0 Å². The minimum absolute atomic E-state index is 0.0678. The van der Waals surface area contributed by atoms with Crippen LogP contribution in [-0.2, 0) is 14.8 Å². The molecule has 3 rings (SSSR count). The Bertz CT molecular complexity index is 711. The molecule has 1 N–H and O–H groups in total. The fourth-order valence-electron chi connectivity index (χ4n) is 4.17. The van der Waals surface area contributed by atoms with Crippen molar-refractivity contribution < 1.29 is 17.6 Å². The molecule has 2 bridgehead atoms. The van der Waals surface area contributed by atoms with Crippen molar-refractivity contribution in [3.05, 3.63) is 30.1 Å². The van der Waals surface area contributed by atoms with Crippen LogP contribution in [0.25, 0.3) is 0 Å². The second kappa shape index (κ2) is 4.78. The maximum Gasteiger partial charge on any atom is 0.233 e. The molecule has 0 aliphatic heterocycles. The van der Waals surface area contributed by atoms with Gasteiger partial charge in [-0.05, 0) is 48.4 Å². The van der Waals surface area contributed by atoms with Crippen LogP contribution >= 0.6 is 0 Å². The fraction of sp³-hybridized carbons (Fsp3) is 0.562. The summed E-state index contributed by atoms with van der Waals surface area (Å²) >= 11 is 0. The maximum absolute atomic E-state index is 12.9. The summed E-state index contributed by atoms with van der Waals surface area (Å²) in [7, 11) is -3.67. The van der Waals surface area contributed by atoms with Crippen LogP contribution in [0.15, 0.2) is 24.3 Å². The zero-order chi connectivity index (χ0) is 16.2. The zero-order valence-corrected chi connectivity index (χ0v) is 13.5. The number of halogens is 1. The van der Waals surface area contributed by atoms with Gasteiger partial charge in [0, 0.05) is 12.1 Å². The summed E-state index contributed by atoms with van der Waals surface area (Å²) in [4.78, 5) is 12.4. The van der Waals surface area contributed by atoms with Gasteiger partial charge >= 0.3 is 0 Å². The predicted molar refractivity (Wildman–Crippen MR) is 82.4 cm³/mol. The number of ketones is 1. The summed E-state index contributed by atoms with van der Waals surface area (Å²) < 4.78 is 40.4. The Balaban J connectivity index is 1.85. The lowest BCUT2D eigenvalue weighted by molar-refractivity contribution is -0.128. The Kier molecular flexibility index (Phi) is 3.36. The van der Waals surface area contributed by atoms with E-state index in [1.165, 1.54) is 24.3 Å². The molecule has 2 fully saturated rings. The third-order valence-electron chi connectivity index (χ3n) is 5.69. The highest BCUT2D eigenvalue weighted by Gasteiger charge is 2.65. The van der Waals surface area contributed by atoms with E-state index in [1.54, 1.807) is 0 Å². The number of benzene rings is 1. The molecule has 0 saturated heterocycles. The zero-order valence-electron chi connectivity index (χ0n) is 12.7. The maximum atomic E-state index is 12.9. The third-order valence-corrected chi connectivity index (χ3v) is 7.11. The average molecular weight is 325 g/mol. The van der Waals surface area contributed by atoms with Gasteiger partial charge in [0.25, 0.3) is 0 Å². The van der Waals surface area contributed by atoms with Gasteiger partial charge in [-0.15, -0.1) is 0 Å². The molecule has 6 heteroatoms. The largest absolute Gasteiger partial charge is 0.299 e. The first-order valence-electron chi connectivity index (χ1n) is 7.46. The number of carbonyl (C=O) groups is 1. The van der Waals surface area contributed by atoms with E-state index < -0.39 is 21.3 Å². The van der Waals surface area contributed by atoms with Crippen molar-refractivity contribution in [3.63, 3.8) is 0 Å². The molecule has 0 spiro atoms. The Morgan fingerprint density at radius 2 is 1.91 bits per heavy atom. The molecular formula is C16H20FNO3S. The van der Waals surface area contributed by atoms with E-state index in [4.69, 9.17) is 0 Å². The van der Waals surface area contributed by atoms with Crippen molar-refractivity contribution in [2.24, 2.45) is 16.7 Å². The lowest BCUT2D eigenvalue weighted by Gasteiger charge is -2.36. The van der Waals surface area contributed by atoms with E-state index in [9.17, 15) is 17.6 Å². The summed E-state index contributed by atoms with van der Waals surface area (Å²) in [6.45, 7) is 4.01. The van der Waals surface area contributed by atoms with Crippen LogP contribution in [0.3, 0.4) is 0 Å². The molecule has 2 aliphatic rings. The van der Waals surface area contributed by atoms with E-state index in [-0.39, 0.29) is 22.9 Å². The van der Waals surface area contributed by atoms with Crippen LogP contribution in [0, 0.1) is 22.6 Å². The van der Waals surface area contributed by atoms with Crippen molar-refractivity contribution in [3.8, 4) is 0 Å². The number of fused-ring (bicyclic) bond motifs is 2. The molecule has 2 aliphatic carbocycles. The van der Waals surface area contributed by atoms with Gasteiger partial charge in [0.2, 0.25) is 10.0 Å². The van der Waals surface area contributed by atoms with E-state index in [2.05, 4.69) is 4.72 Å². The summed E-state index contributed by atoms with van der Waals surface area (Å²) in [6, 6.07) is 5.16. The first-order chi connectivity index (χ1) is 10.2. The van der Waals surface area contributed by atoms with Crippen molar-refractivity contribution in [1.82, 2.24) is 0 Å². The van der Waals surface area contributed by atoms with Crippen molar-refractivity contribution in [2.45, 2.75) is 33.1 Å². The lowest BCUT2D eigenvalue weighted by Crippen LogP contribution is -2.43. The second-order valence-electron chi connectivity index (χ2n) is 7.03. The van der Waals surface area contributed by atoms with Gasteiger partial charge in [-0.2, -0.15) is 0 Å². The van der Waals surface area contributed by atoms with Crippen molar-refractivity contribution >= 4 is 21.5 Å². The van der Waals surface area contributed by atoms with E-state index >= 15 is 0 Å². The van der Waals surface area contributed by atoms with Gasteiger partial charge in [0.1, 0.15) is 11.6 Å². The highest BCUT2D eigenvalue weighted by Crippen LogP contribution is 2.64. The normalized spacial score (nSPS) is 29.8. The Morgan fingerprint density at radius 1 is 1.27 bits per heavy atom. The number of carbonyl (C=O) groups excluding carboxylic acids is 1.